The molecule has 4 nitrogen and oxygen atoms in total. The summed E-state index contributed by atoms with van der Waals surface area (Å²) < 4.78 is 24.2. The van der Waals surface area contributed by atoms with Crippen LogP contribution in [0.5, 0.6) is 0 Å². The highest BCUT2D eigenvalue weighted by Gasteiger charge is 2.50. The Labute approximate surface area is 517 Å². The van der Waals surface area contributed by atoms with Crippen LogP contribution in [0.25, 0.3) is 83.7 Å². The summed E-state index contributed by atoms with van der Waals surface area (Å²) in [4.78, 5) is 8.68. The molecule has 6 heterocycles. The smallest absolute Gasteiger partial charge is 0.114 e. The molecule has 0 atom stereocenters. The Balaban J connectivity index is 1.10. The molecule has 0 spiro atoms. The second-order valence-electron chi connectivity index (χ2n) is 24.9. The highest BCUT2D eigenvalue weighted by Crippen LogP contribution is 2.64. The predicted molar refractivity (Wildman–Crippen MR) is 366 cm³/mol. The Hall–Kier alpha value is -3.64. The lowest BCUT2D eigenvalue weighted by atomic mass is 9.68. The van der Waals surface area contributed by atoms with Crippen molar-refractivity contribution in [3.05, 3.63) is 92.4 Å². The summed E-state index contributed by atoms with van der Waals surface area (Å²) in [5, 5.41) is 0. The van der Waals surface area contributed by atoms with Crippen molar-refractivity contribution in [1.82, 2.24) is 17.5 Å². The topological polar surface area (TPSA) is 51.6 Å². The minimum atomic E-state index is -0.137. The van der Waals surface area contributed by atoms with Crippen LogP contribution in [0.3, 0.4) is 0 Å². The van der Waals surface area contributed by atoms with E-state index in [4.69, 9.17) is 17.5 Å². The molecule has 11 rings (SSSR count). The van der Waals surface area contributed by atoms with Crippen molar-refractivity contribution in [2.45, 2.75) is 259 Å². The van der Waals surface area contributed by atoms with Gasteiger partial charge >= 0.3 is 0 Å². The van der Waals surface area contributed by atoms with Gasteiger partial charge in [0.15, 0.2) is 0 Å². The molecular weight excluding hydrogens is 1110 g/mol. The Morgan fingerprint density at radius 3 is 1.21 bits per heavy atom. The first kappa shape index (κ1) is 60.1. The zero-order valence-electron chi connectivity index (χ0n) is 51.1. The first-order valence-corrected chi connectivity index (χ1v) is 37.5. The van der Waals surface area contributed by atoms with Gasteiger partial charge in [-0.1, -0.05) is 189 Å². The van der Waals surface area contributed by atoms with E-state index in [1.54, 1.807) is 31.7 Å². The van der Waals surface area contributed by atoms with Crippen LogP contribution in [-0.2, 0) is 23.7 Å². The third kappa shape index (κ3) is 11.5. The first-order valence-electron chi connectivity index (χ1n) is 32.8. The number of aryl methyl sites for hydroxylation is 4. The zero-order valence-corrected chi connectivity index (χ0v) is 56.0. The molecule has 0 radical (unpaired) electrons. The number of nitrogens with zero attached hydrogens (tertiary/aromatic N) is 4. The van der Waals surface area contributed by atoms with E-state index in [9.17, 15) is 0 Å². The normalized spacial score (nSPS) is 14.0. The van der Waals surface area contributed by atoms with Crippen LogP contribution in [-0.4, -0.2) is 17.5 Å². The summed E-state index contributed by atoms with van der Waals surface area (Å²) in [6.45, 7) is 18.7. The second-order valence-corrected chi connectivity index (χ2v) is 30.4. The summed E-state index contributed by atoms with van der Waals surface area (Å²) in [5.41, 5.74) is 21.9. The lowest BCUT2D eigenvalue weighted by molar-refractivity contribution is 0.397. The molecule has 0 saturated carbocycles. The van der Waals surface area contributed by atoms with Crippen LogP contribution in [0.2, 0.25) is 0 Å². The number of benzene rings is 3. The van der Waals surface area contributed by atoms with Gasteiger partial charge in [0, 0.05) is 66.2 Å². The fourth-order valence-corrected chi connectivity index (χ4v) is 21.2. The number of unbranched alkanes of at least 4 members (excludes halogenated alkanes) is 18. The van der Waals surface area contributed by atoms with E-state index in [-0.39, 0.29) is 10.8 Å². The van der Waals surface area contributed by atoms with Crippen LogP contribution in [0.4, 0.5) is 0 Å². The average Bonchev–Trinajstić information content (AvgIpc) is 1.83. The van der Waals surface area contributed by atoms with E-state index in [2.05, 4.69) is 127 Å². The highest BCUT2D eigenvalue weighted by molar-refractivity contribution is 7.34. The van der Waals surface area contributed by atoms with E-state index in [0.29, 0.717) is 0 Å². The lowest BCUT2D eigenvalue weighted by Gasteiger charge is -2.35. The molecule has 9 aromatic rings. The molecule has 436 valence electrons. The SMILES string of the molecule is CCCCCCc1c(-c2ccc(C)s2)sc2c(CCCCCC)c(-c3ccc(-c4cc5c(c6nsnc46)-c4cc6c(cc4C5(CCCCCC)CCCCCC)-c4c(cc(C)c5nsnc45)C6(CCCCCC)CCCCCC)s3)sc12. The third-order valence-electron chi connectivity index (χ3n) is 19.2. The van der Waals surface area contributed by atoms with Gasteiger partial charge in [-0.05, 0) is 158 Å². The van der Waals surface area contributed by atoms with Crippen LogP contribution in [0, 0.1) is 13.8 Å². The van der Waals surface area contributed by atoms with Crippen LogP contribution < -0.4 is 0 Å². The Kier molecular flexibility index (Phi) is 20.1. The number of thiophene rings is 4. The maximum atomic E-state index is 5.47. The van der Waals surface area contributed by atoms with Gasteiger partial charge in [0.05, 0.1) is 23.5 Å². The number of rotatable bonds is 33. The van der Waals surface area contributed by atoms with Crippen LogP contribution in [0.1, 0.15) is 265 Å². The minimum absolute atomic E-state index is 0.0737. The maximum Gasteiger partial charge on any atom is 0.114 e. The van der Waals surface area contributed by atoms with E-state index < -0.39 is 0 Å². The number of aromatic nitrogens is 4. The lowest BCUT2D eigenvalue weighted by Crippen LogP contribution is -2.27. The molecule has 3 aromatic carbocycles. The molecule has 0 amide bonds. The van der Waals surface area contributed by atoms with Gasteiger partial charge in [-0.25, -0.2) is 0 Å². The predicted octanol–water partition coefficient (Wildman–Crippen LogP) is 25.4. The minimum Gasteiger partial charge on any atom is -0.173 e. The highest BCUT2D eigenvalue weighted by atomic mass is 32.1. The molecule has 2 aliphatic rings. The molecule has 10 heteroatoms. The molecule has 0 aliphatic heterocycles. The molecule has 82 heavy (non-hydrogen) atoms. The van der Waals surface area contributed by atoms with E-state index >= 15 is 0 Å². The van der Waals surface area contributed by atoms with Crippen molar-refractivity contribution in [2.75, 3.05) is 0 Å². The van der Waals surface area contributed by atoms with E-state index in [0.717, 1.165) is 41.3 Å². The van der Waals surface area contributed by atoms with Crippen molar-refractivity contribution < 1.29 is 0 Å². The van der Waals surface area contributed by atoms with Crippen LogP contribution >= 0.6 is 68.8 Å². The summed E-state index contributed by atoms with van der Waals surface area (Å²) >= 11 is 11.1. The molecule has 2 aliphatic carbocycles. The van der Waals surface area contributed by atoms with Gasteiger partial charge in [0.25, 0.3) is 0 Å². The molecule has 0 unspecified atom stereocenters. The number of hydrogen-bond donors (Lipinski definition) is 0. The molecule has 0 saturated heterocycles. The van der Waals surface area contributed by atoms with Crippen molar-refractivity contribution in [3.63, 3.8) is 0 Å². The summed E-state index contributed by atoms with van der Waals surface area (Å²) in [5.74, 6) is 0. The number of fused-ring (bicyclic) bond motifs is 11. The van der Waals surface area contributed by atoms with Gasteiger partial charge in [-0.15, -0.1) is 45.3 Å². The summed E-state index contributed by atoms with van der Waals surface area (Å²) in [7, 11) is 0. The van der Waals surface area contributed by atoms with E-state index in [1.165, 1.54) is 271 Å². The number of hydrogen-bond acceptors (Lipinski definition) is 10. The van der Waals surface area contributed by atoms with Gasteiger partial charge in [-0.2, -0.15) is 17.5 Å². The zero-order chi connectivity index (χ0) is 56.8. The van der Waals surface area contributed by atoms with Crippen LogP contribution in [0.15, 0.2) is 48.5 Å². The van der Waals surface area contributed by atoms with Crippen molar-refractivity contribution in [2.24, 2.45) is 0 Å². The summed E-state index contributed by atoms with van der Waals surface area (Å²) in [6, 6.07) is 20.5. The Morgan fingerprint density at radius 1 is 0.354 bits per heavy atom. The first-order chi connectivity index (χ1) is 40.2. The van der Waals surface area contributed by atoms with E-state index in [1.807, 2.05) is 22.7 Å². The third-order valence-corrected chi connectivity index (χ3v) is 25.4. The maximum absolute atomic E-state index is 5.47. The monoisotopic (exact) mass is 1200 g/mol. The molecule has 6 aromatic heterocycles. The molecule has 0 bridgehead atoms. The molecular formula is C72H92N4S6. The largest absolute Gasteiger partial charge is 0.173 e. The molecule has 0 N–H and O–H groups in total. The fourth-order valence-electron chi connectivity index (χ4n) is 14.9. The van der Waals surface area contributed by atoms with Crippen molar-refractivity contribution in [1.29, 1.82) is 0 Å². The standard InChI is InChI=1S/C72H92N4S6/c1-9-15-21-27-33-49-67(59-36-35-48(8)77-59)79-70-50(34-28-22-16-10-2)68(80-69(49)70)60-38-37-58(78-60)53-46-57-62(66-64(53)74-82-76-66)52-45-54-51(44-55(52)72(57,41-31-25-19-13-5)42-32-26-20-14-6)61-56(43-47(7)63-65(61)75-81-73-63)71(54,39-29-23-17-11-3)40-30-24-18-12-4/h35-38,43-46H,9-34,39-42H2,1-8H3. The van der Waals surface area contributed by atoms with Gasteiger partial charge in [-0.3, -0.25) is 0 Å². The van der Waals surface area contributed by atoms with Gasteiger partial charge in [0.1, 0.15) is 22.1 Å². The quantitative estimate of drug-likeness (QED) is 0.0385. The average molecular weight is 1210 g/mol. The Bertz CT molecular complexity index is 3570. The Morgan fingerprint density at radius 2 is 0.744 bits per heavy atom. The van der Waals surface area contributed by atoms with Gasteiger partial charge < -0.3 is 0 Å². The molecule has 0 fully saturated rings. The fraction of sp³-hybridized carbons (Fsp3) is 0.556. The summed E-state index contributed by atoms with van der Waals surface area (Å²) in [6.07, 6.45) is 37.4. The van der Waals surface area contributed by atoms with Crippen molar-refractivity contribution >= 4 is 100 Å². The van der Waals surface area contributed by atoms with Gasteiger partial charge in [0.2, 0.25) is 0 Å². The second kappa shape index (κ2) is 27.4. The van der Waals surface area contributed by atoms with Crippen molar-refractivity contribution in [3.8, 4) is 52.2 Å².